The van der Waals surface area contributed by atoms with Gasteiger partial charge in [0.1, 0.15) is 0 Å². The van der Waals surface area contributed by atoms with Crippen LogP contribution in [0.4, 0.5) is 0 Å². The predicted molar refractivity (Wildman–Crippen MR) is 61.0 cm³/mol. The molecule has 0 bridgehead atoms. The molecule has 94 valence electrons. The minimum atomic E-state index is -3.74. The first-order chi connectivity index (χ1) is 7.58. The lowest BCUT2D eigenvalue weighted by Gasteiger charge is -2.15. The van der Waals surface area contributed by atoms with Gasteiger partial charge in [0.05, 0.1) is 13.2 Å². The molecule has 0 radical (unpaired) electrons. The summed E-state index contributed by atoms with van der Waals surface area (Å²) in [5.41, 5.74) is 0. The highest BCUT2D eigenvalue weighted by atomic mass is 31.2. The Morgan fingerprint density at radius 1 is 1.19 bits per heavy atom. The van der Waals surface area contributed by atoms with E-state index in [1.165, 1.54) is 6.08 Å². The quantitative estimate of drug-likeness (QED) is 0.489. The van der Waals surface area contributed by atoms with Gasteiger partial charge in [0.15, 0.2) is 0 Å². The van der Waals surface area contributed by atoms with Gasteiger partial charge in [-0.15, -0.1) is 0 Å². The standard InChI is InChI=1S/C10H19O5P/c1-4-7-10(11)15-16(12,13-8-5-2)14-9-6-3/h4,7H,5-6,8-9H2,1-3H3. The van der Waals surface area contributed by atoms with Crippen molar-refractivity contribution in [3.8, 4) is 0 Å². The fraction of sp³-hybridized carbons (Fsp3) is 0.700. The second-order valence-electron chi connectivity index (χ2n) is 3.02. The van der Waals surface area contributed by atoms with Gasteiger partial charge in [-0.3, -0.25) is 9.05 Å². The van der Waals surface area contributed by atoms with Crippen molar-refractivity contribution in [2.45, 2.75) is 33.6 Å². The smallest absolute Gasteiger partial charge is 0.367 e. The Morgan fingerprint density at radius 2 is 1.69 bits per heavy atom. The Kier molecular flexibility index (Phi) is 8.16. The Hall–Kier alpha value is -0.640. The zero-order chi connectivity index (χ0) is 12.4. The number of hydrogen-bond acceptors (Lipinski definition) is 5. The fourth-order valence-corrected chi connectivity index (χ4v) is 2.05. The second-order valence-corrected chi connectivity index (χ2v) is 4.62. The lowest BCUT2D eigenvalue weighted by atomic mass is 10.5. The molecule has 0 saturated heterocycles. The van der Waals surface area contributed by atoms with Crippen LogP contribution in [0.25, 0.3) is 0 Å². The molecule has 5 nitrogen and oxygen atoms in total. The molecule has 0 saturated carbocycles. The molecule has 0 aromatic carbocycles. The Morgan fingerprint density at radius 3 is 2.06 bits per heavy atom. The summed E-state index contributed by atoms with van der Waals surface area (Å²) < 4.78 is 26.5. The number of carbonyl (C=O) groups excluding carboxylic acids is 1. The number of rotatable bonds is 8. The first-order valence-electron chi connectivity index (χ1n) is 5.33. The maximum Gasteiger partial charge on any atom is 0.532 e. The van der Waals surface area contributed by atoms with Crippen molar-refractivity contribution in [1.82, 2.24) is 0 Å². The van der Waals surface area contributed by atoms with Gasteiger partial charge in [-0.25, -0.2) is 9.36 Å². The van der Waals surface area contributed by atoms with Gasteiger partial charge in [-0.05, 0) is 19.8 Å². The molecule has 6 heteroatoms. The van der Waals surface area contributed by atoms with Crippen LogP contribution in [-0.4, -0.2) is 19.2 Å². The summed E-state index contributed by atoms with van der Waals surface area (Å²) in [7, 11) is -3.74. The normalized spacial score (nSPS) is 11.9. The summed E-state index contributed by atoms with van der Waals surface area (Å²) >= 11 is 0. The maximum atomic E-state index is 11.9. The van der Waals surface area contributed by atoms with Crippen LogP contribution in [-0.2, 0) is 22.9 Å². The van der Waals surface area contributed by atoms with E-state index in [-0.39, 0.29) is 13.2 Å². The molecule has 0 N–H and O–H groups in total. The zero-order valence-corrected chi connectivity index (χ0v) is 10.9. The summed E-state index contributed by atoms with van der Waals surface area (Å²) in [4.78, 5) is 11.1. The number of allylic oxidation sites excluding steroid dienone is 1. The van der Waals surface area contributed by atoms with Crippen LogP contribution in [0.15, 0.2) is 12.2 Å². The van der Waals surface area contributed by atoms with Gasteiger partial charge in [-0.1, -0.05) is 19.9 Å². The average molecular weight is 250 g/mol. The third kappa shape index (κ3) is 6.77. The number of phosphoric acid groups is 1. The van der Waals surface area contributed by atoms with Gasteiger partial charge in [0.25, 0.3) is 0 Å². The van der Waals surface area contributed by atoms with Crippen molar-refractivity contribution >= 4 is 13.8 Å². The average Bonchev–Trinajstić information content (AvgIpc) is 2.24. The van der Waals surface area contributed by atoms with Crippen molar-refractivity contribution in [3.05, 3.63) is 12.2 Å². The van der Waals surface area contributed by atoms with Crippen molar-refractivity contribution < 1.29 is 22.9 Å². The molecule has 0 aliphatic rings. The van der Waals surface area contributed by atoms with Crippen LogP contribution < -0.4 is 0 Å². The molecule has 0 aromatic rings. The van der Waals surface area contributed by atoms with Crippen LogP contribution in [0, 0.1) is 0 Å². The summed E-state index contributed by atoms with van der Waals surface area (Å²) in [5.74, 6) is -0.724. The monoisotopic (exact) mass is 250 g/mol. The first-order valence-corrected chi connectivity index (χ1v) is 6.79. The lowest BCUT2D eigenvalue weighted by Crippen LogP contribution is -2.06. The van der Waals surface area contributed by atoms with Crippen molar-refractivity contribution in [3.63, 3.8) is 0 Å². The minimum Gasteiger partial charge on any atom is -0.367 e. The molecule has 0 aromatic heterocycles. The van der Waals surface area contributed by atoms with E-state index in [2.05, 4.69) is 4.52 Å². The SMILES string of the molecule is CC=CC(=O)OP(=O)(OCCC)OCCC. The highest BCUT2D eigenvalue weighted by molar-refractivity contribution is 7.49. The van der Waals surface area contributed by atoms with E-state index >= 15 is 0 Å². The molecule has 16 heavy (non-hydrogen) atoms. The van der Waals surface area contributed by atoms with E-state index in [9.17, 15) is 9.36 Å². The van der Waals surface area contributed by atoms with Gasteiger partial charge < -0.3 is 4.52 Å². The maximum absolute atomic E-state index is 11.9. The molecule has 0 aliphatic heterocycles. The highest BCUT2D eigenvalue weighted by Gasteiger charge is 2.29. The fourth-order valence-electron chi connectivity index (χ4n) is 0.773. The molecule has 0 amide bonds. The van der Waals surface area contributed by atoms with Crippen LogP contribution in [0.3, 0.4) is 0 Å². The molecular weight excluding hydrogens is 231 g/mol. The topological polar surface area (TPSA) is 61.8 Å². The predicted octanol–water partition coefficient (Wildman–Crippen LogP) is 3.07. The van der Waals surface area contributed by atoms with Crippen LogP contribution >= 0.6 is 7.82 Å². The Bertz CT molecular complexity index is 262. The van der Waals surface area contributed by atoms with E-state index in [4.69, 9.17) is 9.05 Å². The molecule has 0 fully saturated rings. The van der Waals surface area contributed by atoms with Gasteiger partial charge in [0, 0.05) is 6.08 Å². The van der Waals surface area contributed by atoms with Crippen molar-refractivity contribution in [2.24, 2.45) is 0 Å². The van der Waals surface area contributed by atoms with Crippen LogP contribution in [0.2, 0.25) is 0 Å². The summed E-state index contributed by atoms with van der Waals surface area (Å²) in [6.45, 7) is 5.83. The number of hydrogen-bond donors (Lipinski definition) is 0. The molecule has 0 heterocycles. The Labute approximate surface area is 96.4 Å². The largest absolute Gasteiger partial charge is 0.532 e. The number of phosphoric ester groups is 1. The second kappa shape index (κ2) is 8.50. The van der Waals surface area contributed by atoms with Gasteiger partial charge in [0.2, 0.25) is 0 Å². The zero-order valence-electron chi connectivity index (χ0n) is 9.97. The van der Waals surface area contributed by atoms with E-state index in [1.807, 2.05) is 13.8 Å². The van der Waals surface area contributed by atoms with E-state index < -0.39 is 13.8 Å². The third-order valence-electron chi connectivity index (χ3n) is 1.41. The Balaban J connectivity index is 4.39. The summed E-state index contributed by atoms with van der Waals surface area (Å²) in [6.07, 6.45) is 3.99. The number of carbonyl (C=O) groups is 1. The minimum absolute atomic E-state index is 0.226. The third-order valence-corrected chi connectivity index (χ3v) is 2.81. The van der Waals surface area contributed by atoms with E-state index in [1.54, 1.807) is 6.92 Å². The molecule has 0 unspecified atom stereocenters. The van der Waals surface area contributed by atoms with Crippen LogP contribution in [0.1, 0.15) is 33.6 Å². The molecular formula is C10H19O5P. The molecule has 0 spiro atoms. The van der Waals surface area contributed by atoms with E-state index in [0.29, 0.717) is 12.8 Å². The summed E-state index contributed by atoms with van der Waals surface area (Å²) in [5, 5.41) is 0. The van der Waals surface area contributed by atoms with Gasteiger partial charge in [-0.2, -0.15) is 0 Å². The van der Waals surface area contributed by atoms with Crippen molar-refractivity contribution in [2.75, 3.05) is 13.2 Å². The molecule has 0 rings (SSSR count). The van der Waals surface area contributed by atoms with Gasteiger partial charge >= 0.3 is 13.8 Å². The lowest BCUT2D eigenvalue weighted by molar-refractivity contribution is -0.130. The van der Waals surface area contributed by atoms with E-state index in [0.717, 1.165) is 6.08 Å². The highest BCUT2D eigenvalue weighted by Crippen LogP contribution is 2.49. The molecule has 0 aliphatic carbocycles. The molecule has 0 atom stereocenters. The first kappa shape index (κ1) is 15.4. The van der Waals surface area contributed by atoms with Crippen LogP contribution in [0.5, 0.6) is 0 Å². The summed E-state index contributed by atoms with van der Waals surface area (Å²) in [6, 6.07) is 0. The van der Waals surface area contributed by atoms with Crippen molar-refractivity contribution in [1.29, 1.82) is 0 Å².